The summed E-state index contributed by atoms with van der Waals surface area (Å²) in [6, 6.07) is 3.16. The molecule has 1 aromatic carbocycles. The number of carboxylic acid groups (broad SMARTS) is 2. The number of nitrogens with one attached hydrogen (secondary N) is 5. The Hall–Kier alpha value is -3.58. The van der Waals surface area contributed by atoms with Crippen molar-refractivity contribution in [2.24, 2.45) is 0 Å². The molecular formula is C25H33N5O7S. The van der Waals surface area contributed by atoms with Crippen molar-refractivity contribution < 1.29 is 34.2 Å². The molecule has 0 radical (unpaired) electrons. The van der Waals surface area contributed by atoms with E-state index in [1.54, 1.807) is 6.20 Å². The number of hydrogen-bond donors (Lipinski definition) is 7. The van der Waals surface area contributed by atoms with Gasteiger partial charge in [0.1, 0.15) is 18.1 Å². The largest absolute Gasteiger partial charge is 0.481 e. The van der Waals surface area contributed by atoms with Gasteiger partial charge in [-0.1, -0.05) is 18.2 Å². The minimum atomic E-state index is -1.68. The molecule has 7 N–H and O–H groups in total. The van der Waals surface area contributed by atoms with Crippen LogP contribution in [0.2, 0.25) is 0 Å². The van der Waals surface area contributed by atoms with Gasteiger partial charge in [-0.3, -0.25) is 19.2 Å². The number of benzene rings is 1. The van der Waals surface area contributed by atoms with E-state index in [1.807, 2.05) is 30.5 Å². The van der Waals surface area contributed by atoms with Crippen molar-refractivity contribution in [2.75, 3.05) is 18.6 Å². The molecule has 13 heteroatoms. The van der Waals surface area contributed by atoms with E-state index in [9.17, 15) is 29.1 Å². The van der Waals surface area contributed by atoms with Crippen molar-refractivity contribution in [3.05, 3.63) is 36.0 Å². The van der Waals surface area contributed by atoms with Gasteiger partial charge >= 0.3 is 11.9 Å². The number of thioether (sulfide) groups is 1. The fourth-order valence-corrected chi connectivity index (χ4v) is 4.81. The van der Waals surface area contributed by atoms with E-state index in [1.165, 1.54) is 11.8 Å². The van der Waals surface area contributed by atoms with Gasteiger partial charge in [-0.2, -0.15) is 11.8 Å². The van der Waals surface area contributed by atoms with Gasteiger partial charge in [-0.15, -0.1) is 0 Å². The Bertz CT molecular complexity index is 1160. The van der Waals surface area contributed by atoms with Gasteiger partial charge in [0.25, 0.3) is 0 Å². The highest BCUT2D eigenvalue weighted by atomic mass is 32.2. The first-order valence-electron chi connectivity index (χ1n) is 12.3. The van der Waals surface area contributed by atoms with Crippen LogP contribution in [0.4, 0.5) is 0 Å². The van der Waals surface area contributed by atoms with Crippen molar-refractivity contribution >= 4 is 52.3 Å². The van der Waals surface area contributed by atoms with Crippen molar-refractivity contribution in [2.45, 2.75) is 56.3 Å². The molecule has 0 bridgehead atoms. The van der Waals surface area contributed by atoms with Crippen LogP contribution in [0.5, 0.6) is 0 Å². The number of rotatable bonds is 14. The SMILES string of the molecule is CSCCC(NC(=O)C1CCCN1)C(=O)NC(Cc1c[nH]c2ccccc12)C(=O)NC(CC(=O)O)C(=O)O. The second-order valence-electron chi connectivity index (χ2n) is 9.11. The third kappa shape index (κ3) is 7.96. The van der Waals surface area contributed by atoms with Crippen LogP contribution in [0, 0.1) is 0 Å². The molecule has 4 unspecified atom stereocenters. The van der Waals surface area contributed by atoms with E-state index in [2.05, 4.69) is 26.3 Å². The number of aromatic nitrogens is 1. The van der Waals surface area contributed by atoms with E-state index in [0.717, 1.165) is 17.3 Å². The van der Waals surface area contributed by atoms with E-state index >= 15 is 0 Å². The zero-order chi connectivity index (χ0) is 27.7. The second kappa shape index (κ2) is 13.8. The number of fused-ring (bicyclic) bond motifs is 1. The highest BCUT2D eigenvalue weighted by Gasteiger charge is 2.32. The first kappa shape index (κ1) is 29.0. The van der Waals surface area contributed by atoms with Crippen LogP contribution in [-0.4, -0.2) is 87.6 Å². The summed E-state index contributed by atoms with van der Waals surface area (Å²) in [5, 5.41) is 30.0. The summed E-state index contributed by atoms with van der Waals surface area (Å²) in [5.74, 6) is -4.05. The lowest BCUT2D eigenvalue weighted by Gasteiger charge is -2.25. The Morgan fingerprint density at radius 1 is 1.03 bits per heavy atom. The van der Waals surface area contributed by atoms with Crippen LogP contribution in [0.3, 0.4) is 0 Å². The Labute approximate surface area is 223 Å². The molecule has 1 fully saturated rings. The van der Waals surface area contributed by atoms with Gasteiger partial charge in [0.05, 0.1) is 12.5 Å². The van der Waals surface area contributed by atoms with E-state index in [-0.39, 0.29) is 12.3 Å². The van der Waals surface area contributed by atoms with E-state index in [4.69, 9.17) is 5.11 Å². The molecule has 2 aromatic rings. The molecule has 3 rings (SSSR count). The highest BCUT2D eigenvalue weighted by Crippen LogP contribution is 2.19. The van der Waals surface area contributed by atoms with Crippen LogP contribution in [0.25, 0.3) is 10.9 Å². The van der Waals surface area contributed by atoms with Crippen molar-refractivity contribution in [3.63, 3.8) is 0 Å². The average Bonchev–Trinajstić information content (AvgIpc) is 3.56. The zero-order valence-electron chi connectivity index (χ0n) is 21.0. The minimum Gasteiger partial charge on any atom is -0.481 e. The summed E-state index contributed by atoms with van der Waals surface area (Å²) in [7, 11) is 0. The van der Waals surface area contributed by atoms with Crippen LogP contribution in [-0.2, 0) is 30.4 Å². The predicted octanol–water partition coefficient (Wildman–Crippen LogP) is 0.229. The van der Waals surface area contributed by atoms with Gasteiger partial charge in [-0.05, 0) is 49.4 Å². The molecule has 1 aliphatic heterocycles. The van der Waals surface area contributed by atoms with Gasteiger partial charge in [0.15, 0.2) is 0 Å². The van der Waals surface area contributed by atoms with Gasteiger partial charge in [0, 0.05) is 23.5 Å². The molecule has 38 heavy (non-hydrogen) atoms. The highest BCUT2D eigenvalue weighted by molar-refractivity contribution is 7.98. The number of carboxylic acids is 2. The quantitative estimate of drug-likeness (QED) is 0.174. The van der Waals surface area contributed by atoms with Gasteiger partial charge < -0.3 is 36.5 Å². The number of aromatic amines is 1. The zero-order valence-corrected chi connectivity index (χ0v) is 21.8. The molecule has 1 aromatic heterocycles. The van der Waals surface area contributed by atoms with Crippen molar-refractivity contribution in [1.82, 2.24) is 26.3 Å². The molecule has 0 saturated carbocycles. The number of aliphatic carboxylic acids is 2. The molecule has 1 saturated heterocycles. The maximum Gasteiger partial charge on any atom is 0.326 e. The summed E-state index contributed by atoms with van der Waals surface area (Å²) >= 11 is 1.50. The summed E-state index contributed by atoms with van der Waals surface area (Å²) < 4.78 is 0. The predicted molar refractivity (Wildman–Crippen MR) is 142 cm³/mol. The molecular weight excluding hydrogens is 514 g/mol. The minimum absolute atomic E-state index is 0.00831. The summed E-state index contributed by atoms with van der Waals surface area (Å²) in [5.41, 5.74) is 1.52. The molecule has 2 heterocycles. The summed E-state index contributed by atoms with van der Waals surface area (Å²) in [6.45, 7) is 0.716. The molecule has 206 valence electrons. The standard InChI is InChI=1S/C25H33N5O7S/c1-38-10-8-18(28-22(33)17-7-4-9-26-17)23(34)29-19(24(35)30-20(25(36)37)12-21(31)32)11-14-13-27-16-6-3-2-5-15(14)16/h2-3,5-6,13,17-20,26-27H,4,7-12H2,1H3,(H,28,33)(H,29,34)(H,30,35)(H,31,32)(H,36,37). The summed E-state index contributed by atoms with van der Waals surface area (Å²) in [4.78, 5) is 65.0. The molecule has 0 aliphatic carbocycles. The number of carbonyl (C=O) groups excluding carboxylic acids is 3. The van der Waals surface area contributed by atoms with Crippen molar-refractivity contribution in [3.8, 4) is 0 Å². The average molecular weight is 548 g/mol. The van der Waals surface area contributed by atoms with E-state index in [0.29, 0.717) is 30.7 Å². The molecule has 3 amide bonds. The third-order valence-corrected chi connectivity index (χ3v) is 6.99. The number of hydrogen-bond acceptors (Lipinski definition) is 7. The van der Waals surface area contributed by atoms with Crippen LogP contribution in [0.15, 0.2) is 30.5 Å². The third-order valence-electron chi connectivity index (χ3n) is 6.35. The molecule has 1 aliphatic rings. The second-order valence-corrected chi connectivity index (χ2v) is 10.1. The lowest BCUT2D eigenvalue weighted by Crippen LogP contribution is -2.57. The smallest absolute Gasteiger partial charge is 0.326 e. The lowest BCUT2D eigenvalue weighted by molar-refractivity contribution is -0.147. The first-order valence-corrected chi connectivity index (χ1v) is 13.7. The monoisotopic (exact) mass is 547 g/mol. The Kier molecular flexibility index (Phi) is 10.5. The maximum atomic E-state index is 13.4. The van der Waals surface area contributed by atoms with Crippen LogP contribution < -0.4 is 21.3 Å². The Morgan fingerprint density at radius 2 is 1.74 bits per heavy atom. The Balaban J connectivity index is 1.82. The van der Waals surface area contributed by atoms with E-state index < -0.39 is 54.3 Å². The molecule has 0 spiro atoms. The first-order chi connectivity index (χ1) is 18.2. The summed E-state index contributed by atoms with van der Waals surface area (Å²) in [6.07, 6.45) is 4.59. The number of carbonyl (C=O) groups is 5. The molecule has 4 atom stereocenters. The number of para-hydroxylation sites is 1. The maximum absolute atomic E-state index is 13.4. The van der Waals surface area contributed by atoms with Gasteiger partial charge in [0.2, 0.25) is 17.7 Å². The lowest BCUT2D eigenvalue weighted by atomic mass is 10.0. The van der Waals surface area contributed by atoms with Crippen molar-refractivity contribution in [1.29, 1.82) is 0 Å². The van der Waals surface area contributed by atoms with Crippen LogP contribution in [0.1, 0.15) is 31.2 Å². The van der Waals surface area contributed by atoms with Gasteiger partial charge in [-0.25, -0.2) is 4.79 Å². The fraction of sp³-hybridized carbons (Fsp3) is 0.480. The van der Waals surface area contributed by atoms with Crippen LogP contribution >= 0.6 is 11.8 Å². The number of H-pyrrole nitrogens is 1. The Morgan fingerprint density at radius 3 is 2.39 bits per heavy atom. The fourth-order valence-electron chi connectivity index (χ4n) is 4.33. The topological polar surface area (TPSA) is 190 Å². The normalized spacial score (nSPS) is 17.3. The number of amides is 3. The molecule has 12 nitrogen and oxygen atoms in total.